The molecule has 11 heteroatoms. The molecule has 1 amide bonds. The Morgan fingerprint density at radius 1 is 1.12 bits per heavy atom. The summed E-state index contributed by atoms with van der Waals surface area (Å²) in [6, 6.07) is 10.7. The summed E-state index contributed by atoms with van der Waals surface area (Å²) < 4.78 is 24.5. The van der Waals surface area contributed by atoms with E-state index in [0.29, 0.717) is 34.0 Å². The molecule has 0 aliphatic heterocycles. The molecule has 2 aromatic carbocycles. The van der Waals surface area contributed by atoms with Crippen molar-refractivity contribution in [3.63, 3.8) is 0 Å². The van der Waals surface area contributed by atoms with Crippen LogP contribution in [0.4, 0.5) is 10.8 Å². The van der Waals surface area contributed by atoms with Crippen LogP contribution >= 0.6 is 11.3 Å². The number of hydrogen-bond donors (Lipinski definition) is 0. The Bertz CT molecular complexity index is 1310. The molecule has 0 bridgehead atoms. The fourth-order valence-corrected chi connectivity index (χ4v) is 5.04. The molecular weight excluding hydrogens is 476 g/mol. The Kier molecular flexibility index (Phi) is 8.13. The summed E-state index contributed by atoms with van der Waals surface area (Å²) in [5.74, 6) is -0.284. The number of nitrogens with zero attached hydrogens (tertiary/aromatic N) is 4. The van der Waals surface area contributed by atoms with E-state index in [2.05, 4.69) is 23.7 Å². The number of amides is 1. The van der Waals surface area contributed by atoms with Gasteiger partial charge in [-0.15, -0.1) is 0 Å². The number of anilines is 1. The summed E-state index contributed by atoms with van der Waals surface area (Å²) in [5, 5.41) is 11.3. The number of carbonyl (C=O) groups is 1. The van der Waals surface area contributed by atoms with Crippen LogP contribution in [0.3, 0.4) is 0 Å². The van der Waals surface area contributed by atoms with Gasteiger partial charge in [0, 0.05) is 37.6 Å². The van der Waals surface area contributed by atoms with E-state index in [9.17, 15) is 23.3 Å². The fourth-order valence-electron chi connectivity index (χ4n) is 3.28. The SMILES string of the molecule is CCN(CC)CCN(C(=O)C=Cc1ccc([N+](=O)[O-])cc1)c1nc2ccc(S(C)(=O)=O)cc2s1. The van der Waals surface area contributed by atoms with Crippen molar-refractivity contribution in [1.82, 2.24) is 9.88 Å². The molecule has 3 aromatic rings. The summed E-state index contributed by atoms with van der Waals surface area (Å²) in [6.07, 6.45) is 4.17. The molecule has 0 aliphatic rings. The minimum Gasteiger partial charge on any atom is -0.302 e. The number of non-ortho nitro benzene ring substituents is 1. The number of benzene rings is 2. The standard InChI is InChI=1S/C23H26N4O5S2/c1-4-25(5-2)14-15-26(22(28)13-8-17-6-9-18(10-7-17)27(29)30)23-24-20-12-11-19(34(3,31)32)16-21(20)33-23/h6-13,16H,4-5,14-15H2,1-3H3. The predicted octanol–water partition coefficient (Wildman–Crippen LogP) is 4.00. The number of hydrogen-bond acceptors (Lipinski definition) is 8. The number of aromatic nitrogens is 1. The summed E-state index contributed by atoms with van der Waals surface area (Å²) in [4.78, 5) is 32.1. The highest BCUT2D eigenvalue weighted by Gasteiger charge is 2.20. The average Bonchev–Trinajstić information content (AvgIpc) is 3.23. The van der Waals surface area contributed by atoms with Crippen LogP contribution in [0, 0.1) is 10.1 Å². The molecule has 3 rings (SSSR count). The Balaban J connectivity index is 1.91. The molecule has 0 saturated carbocycles. The van der Waals surface area contributed by atoms with Gasteiger partial charge in [0.2, 0.25) is 0 Å². The second-order valence-corrected chi connectivity index (χ2v) is 10.6. The number of nitro groups is 1. The molecule has 0 aliphatic carbocycles. The maximum atomic E-state index is 13.2. The lowest BCUT2D eigenvalue weighted by atomic mass is 10.2. The molecule has 0 fully saturated rings. The number of carbonyl (C=O) groups excluding carboxylic acids is 1. The highest BCUT2D eigenvalue weighted by Crippen LogP contribution is 2.31. The largest absolute Gasteiger partial charge is 0.302 e. The van der Waals surface area contributed by atoms with Crippen LogP contribution in [0.1, 0.15) is 19.4 Å². The normalized spacial score (nSPS) is 12.0. The first-order valence-corrected chi connectivity index (χ1v) is 13.4. The Hall–Kier alpha value is -3.15. The minimum atomic E-state index is -3.36. The van der Waals surface area contributed by atoms with E-state index in [4.69, 9.17) is 0 Å². The highest BCUT2D eigenvalue weighted by atomic mass is 32.2. The van der Waals surface area contributed by atoms with Crippen LogP contribution in [0.5, 0.6) is 0 Å². The number of nitro benzene ring substituents is 1. The van der Waals surface area contributed by atoms with Gasteiger partial charge in [-0.2, -0.15) is 0 Å². The first-order valence-electron chi connectivity index (χ1n) is 10.7. The molecule has 0 unspecified atom stereocenters. The van der Waals surface area contributed by atoms with Crippen molar-refractivity contribution < 1.29 is 18.1 Å². The maximum Gasteiger partial charge on any atom is 0.269 e. The predicted molar refractivity (Wildman–Crippen MR) is 135 cm³/mol. The van der Waals surface area contributed by atoms with E-state index in [1.807, 2.05) is 0 Å². The Morgan fingerprint density at radius 3 is 2.38 bits per heavy atom. The maximum absolute atomic E-state index is 13.2. The van der Waals surface area contributed by atoms with Crippen molar-refractivity contribution in [3.05, 3.63) is 64.2 Å². The van der Waals surface area contributed by atoms with E-state index in [0.717, 1.165) is 19.3 Å². The van der Waals surface area contributed by atoms with E-state index in [1.54, 1.807) is 35.2 Å². The van der Waals surface area contributed by atoms with Crippen LogP contribution in [-0.2, 0) is 14.6 Å². The van der Waals surface area contributed by atoms with E-state index in [-0.39, 0.29) is 16.5 Å². The zero-order chi connectivity index (χ0) is 24.9. The lowest BCUT2D eigenvalue weighted by Gasteiger charge is -2.23. The zero-order valence-corrected chi connectivity index (χ0v) is 20.8. The number of likely N-dealkylation sites (N-methyl/N-ethyl adjacent to an activating group) is 1. The summed E-state index contributed by atoms with van der Waals surface area (Å²) in [7, 11) is -3.36. The van der Waals surface area contributed by atoms with E-state index >= 15 is 0 Å². The number of rotatable bonds is 10. The third-order valence-corrected chi connectivity index (χ3v) is 7.48. The van der Waals surface area contributed by atoms with Crippen LogP contribution < -0.4 is 4.90 Å². The second-order valence-electron chi connectivity index (χ2n) is 7.60. The van der Waals surface area contributed by atoms with Crippen molar-refractivity contribution in [2.45, 2.75) is 18.7 Å². The van der Waals surface area contributed by atoms with Crippen molar-refractivity contribution in [1.29, 1.82) is 0 Å². The lowest BCUT2D eigenvalue weighted by Crippen LogP contribution is -2.38. The smallest absolute Gasteiger partial charge is 0.269 e. The van der Waals surface area contributed by atoms with Gasteiger partial charge in [0.05, 0.1) is 20.0 Å². The monoisotopic (exact) mass is 502 g/mol. The third kappa shape index (κ3) is 6.25. The van der Waals surface area contributed by atoms with Crippen LogP contribution in [0.2, 0.25) is 0 Å². The third-order valence-electron chi connectivity index (χ3n) is 5.33. The quantitative estimate of drug-likeness (QED) is 0.234. The van der Waals surface area contributed by atoms with Gasteiger partial charge < -0.3 is 4.90 Å². The highest BCUT2D eigenvalue weighted by molar-refractivity contribution is 7.90. The van der Waals surface area contributed by atoms with E-state index in [1.165, 1.54) is 35.6 Å². The number of sulfone groups is 1. The molecule has 180 valence electrons. The molecule has 9 nitrogen and oxygen atoms in total. The topological polar surface area (TPSA) is 114 Å². The zero-order valence-electron chi connectivity index (χ0n) is 19.2. The van der Waals surface area contributed by atoms with Gasteiger partial charge in [0.25, 0.3) is 11.6 Å². The molecular formula is C23H26N4O5S2. The molecule has 0 radical (unpaired) electrons. The first kappa shape index (κ1) is 25.5. The second kappa shape index (κ2) is 10.9. The molecule has 0 saturated heterocycles. The van der Waals surface area contributed by atoms with Gasteiger partial charge >= 0.3 is 0 Å². The van der Waals surface area contributed by atoms with Crippen LogP contribution in [-0.4, -0.2) is 61.6 Å². The Morgan fingerprint density at radius 2 is 1.79 bits per heavy atom. The molecule has 1 heterocycles. The van der Waals surface area contributed by atoms with Crippen LogP contribution in [0.15, 0.2) is 53.4 Å². The summed E-state index contributed by atoms with van der Waals surface area (Å²) in [6.45, 7) is 6.84. The van der Waals surface area contributed by atoms with Gasteiger partial charge in [-0.25, -0.2) is 13.4 Å². The molecule has 0 spiro atoms. The molecule has 1 aromatic heterocycles. The number of thiazole rings is 1. The van der Waals surface area contributed by atoms with Crippen molar-refractivity contribution in [3.8, 4) is 0 Å². The van der Waals surface area contributed by atoms with Gasteiger partial charge in [-0.3, -0.25) is 19.8 Å². The number of fused-ring (bicyclic) bond motifs is 1. The van der Waals surface area contributed by atoms with Crippen molar-refractivity contribution in [2.75, 3.05) is 37.3 Å². The van der Waals surface area contributed by atoms with Crippen LogP contribution in [0.25, 0.3) is 16.3 Å². The lowest BCUT2D eigenvalue weighted by molar-refractivity contribution is -0.384. The average molecular weight is 503 g/mol. The van der Waals surface area contributed by atoms with Crippen molar-refractivity contribution in [2.24, 2.45) is 0 Å². The van der Waals surface area contributed by atoms with E-state index < -0.39 is 14.8 Å². The first-order chi connectivity index (χ1) is 16.1. The summed E-state index contributed by atoms with van der Waals surface area (Å²) >= 11 is 1.26. The van der Waals surface area contributed by atoms with Crippen molar-refractivity contribution >= 4 is 54.2 Å². The van der Waals surface area contributed by atoms with Gasteiger partial charge in [0.1, 0.15) is 0 Å². The van der Waals surface area contributed by atoms with Gasteiger partial charge in [-0.05, 0) is 55.1 Å². The molecule has 34 heavy (non-hydrogen) atoms. The minimum absolute atomic E-state index is 0.0211. The molecule has 0 N–H and O–H groups in total. The fraction of sp³-hybridized carbons (Fsp3) is 0.304. The summed E-state index contributed by atoms with van der Waals surface area (Å²) in [5.41, 5.74) is 1.25. The molecule has 0 atom stereocenters. The Labute approximate surface area is 202 Å². The van der Waals surface area contributed by atoms with Gasteiger partial charge in [-0.1, -0.05) is 25.2 Å². The van der Waals surface area contributed by atoms with Gasteiger partial charge in [0.15, 0.2) is 15.0 Å².